The molecule has 2 unspecified atom stereocenters. The third-order valence-corrected chi connectivity index (χ3v) is 4.46. The van der Waals surface area contributed by atoms with Crippen LogP contribution >= 0.6 is 0 Å². The summed E-state index contributed by atoms with van der Waals surface area (Å²) in [4.78, 5) is 2.74. The van der Waals surface area contributed by atoms with Crippen molar-refractivity contribution in [3.63, 3.8) is 0 Å². The van der Waals surface area contributed by atoms with Gasteiger partial charge in [0.2, 0.25) is 0 Å². The lowest BCUT2D eigenvalue weighted by Gasteiger charge is -2.47. The highest BCUT2D eigenvalue weighted by molar-refractivity contribution is 4.90. The van der Waals surface area contributed by atoms with Crippen LogP contribution in [-0.4, -0.2) is 36.6 Å². The highest BCUT2D eigenvalue weighted by Gasteiger charge is 2.35. The Labute approximate surface area is 101 Å². The summed E-state index contributed by atoms with van der Waals surface area (Å²) in [6, 6.07) is 1.69. The summed E-state index contributed by atoms with van der Waals surface area (Å²) in [7, 11) is 0. The second kappa shape index (κ2) is 5.50. The zero-order valence-electron chi connectivity index (χ0n) is 11.2. The van der Waals surface area contributed by atoms with Gasteiger partial charge >= 0.3 is 0 Å². The first-order valence-electron chi connectivity index (χ1n) is 7.18. The quantitative estimate of drug-likeness (QED) is 0.789. The lowest BCUT2D eigenvalue weighted by Crippen LogP contribution is -2.54. The van der Waals surface area contributed by atoms with Gasteiger partial charge < -0.3 is 5.32 Å². The normalized spacial score (nSPS) is 40.7. The summed E-state index contributed by atoms with van der Waals surface area (Å²) in [6.45, 7) is 10.9. The second-order valence-electron chi connectivity index (χ2n) is 6.05. The van der Waals surface area contributed by atoms with Crippen LogP contribution in [0.15, 0.2) is 0 Å². The number of piperidine rings is 1. The predicted octanol–water partition coefficient (Wildman–Crippen LogP) is 2.49. The maximum atomic E-state index is 3.70. The molecule has 2 nitrogen and oxygen atoms in total. The highest BCUT2D eigenvalue weighted by atomic mass is 15.2. The number of hydrogen-bond donors (Lipinski definition) is 1. The van der Waals surface area contributed by atoms with Crippen molar-refractivity contribution in [2.45, 2.75) is 58.5 Å². The van der Waals surface area contributed by atoms with E-state index in [4.69, 9.17) is 0 Å². The summed E-state index contributed by atoms with van der Waals surface area (Å²) in [6.07, 6.45) is 5.50. The van der Waals surface area contributed by atoms with Crippen LogP contribution in [0.2, 0.25) is 0 Å². The molecule has 0 radical (unpaired) electrons. The molecule has 0 spiro atoms. The van der Waals surface area contributed by atoms with Crippen molar-refractivity contribution in [2.75, 3.05) is 19.6 Å². The van der Waals surface area contributed by atoms with Crippen LogP contribution in [0.1, 0.15) is 46.5 Å². The molecule has 2 atom stereocenters. The lowest BCUT2D eigenvalue weighted by atomic mass is 9.79. The topological polar surface area (TPSA) is 15.3 Å². The summed E-state index contributed by atoms with van der Waals surface area (Å²) in [5, 5.41) is 3.70. The fraction of sp³-hybridized carbons (Fsp3) is 1.00. The third-order valence-electron chi connectivity index (χ3n) is 4.46. The van der Waals surface area contributed by atoms with Gasteiger partial charge in [-0.15, -0.1) is 0 Å². The van der Waals surface area contributed by atoms with Crippen LogP contribution in [0.4, 0.5) is 0 Å². The van der Waals surface area contributed by atoms with Crippen LogP contribution < -0.4 is 5.32 Å². The molecule has 1 aliphatic carbocycles. The molecule has 2 aliphatic rings. The van der Waals surface area contributed by atoms with Crippen LogP contribution in [0.3, 0.4) is 0 Å². The maximum absolute atomic E-state index is 3.70. The Balaban J connectivity index is 1.74. The molecule has 2 rings (SSSR count). The monoisotopic (exact) mass is 224 g/mol. The Morgan fingerprint density at radius 3 is 2.56 bits per heavy atom. The van der Waals surface area contributed by atoms with Crippen LogP contribution in [0, 0.1) is 11.8 Å². The molecule has 0 aromatic heterocycles. The molecule has 94 valence electrons. The number of hydrogen-bond acceptors (Lipinski definition) is 2. The SMILES string of the molecule is CCCNC1CCN(C2CC(C)C2)CC1C. The van der Waals surface area contributed by atoms with Crippen molar-refractivity contribution >= 4 is 0 Å². The fourth-order valence-electron chi connectivity index (χ4n) is 3.30. The molecule has 1 N–H and O–H groups in total. The third kappa shape index (κ3) is 2.78. The molecule has 1 heterocycles. The Morgan fingerprint density at radius 2 is 2.00 bits per heavy atom. The summed E-state index contributed by atoms with van der Waals surface area (Å²) < 4.78 is 0. The van der Waals surface area contributed by atoms with Crippen molar-refractivity contribution in [3.8, 4) is 0 Å². The van der Waals surface area contributed by atoms with Crippen LogP contribution in [0.25, 0.3) is 0 Å². The Kier molecular flexibility index (Phi) is 4.26. The van der Waals surface area contributed by atoms with Gasteiger partial charge in [-0.05, 0) is 50.6 Å². The van der Waals surface area contributed by atoms with E-state index in [0.29, 0.717) is 0 Å². The number of rotatable bonds is 4. The molecular formula is C14H28N2. The molecule has 0 bridgehead atoms. The molecule has 16 heavy (non-hydrogen) atoms. The van der Waals surface area contributed by atoms with E-state index in [1.165, 1.54) is 45.3 Å². The van der Waals surface area contributed by atoms with Crippen LogP contribution in [-0.2, 0) is 0 Å². The number of likely N-dealkylation sites (tertiary alicyclic amines) is 1. The first kappa shape index (κ1) is 12.4. The zero-order chi connectivity index (χ0) is 11.5. The molecule has 1 saturated carbocycles. The van der Waals surface area contributed by atoms with Crippen molar-refractivity contribution < 1.29 is 0 Å². The molecule has 0 amide bonds. The van der Waals surface area contributed by atoms with Gasteiger partial charge in [0.25, 0.3) is 0 Å². The van der Waals surface area contributed by atoms with E-state index in [2.05, 4.69) is 31.0 Å². The van der Waals surface area contributed by atoms with E-state index in [9.17, 15) is 0 Å². The van der Waals surface area contributed by atoms with Gasteiger partial charge in [-0.3, -0.25) is 4.90 Å². The van der Waals surface area contributed by atoms with Crippen molar-refractivity contribution in [2.24, 2.45) is 11.8 Å². The molecule has 2 fully saturated rings. The zero-order valence-corrected chi connectivity index (χ0v) is 11.2. The van der Waals surface area contributed by atoms with E-state index < -0.39 is 0 Å². The van der Waals surface area contributed by atoms with Crippen LogP contribution in [0.5, 0.6) is 0 Å². The van der Waals surface area contributed by atoms with Gasteiger partial charge in [0.15, 0.2) is 0 Å². The van der Waals surface area contributed by atoms with Gasteiger partial charge in [0.05, 0.1) is 0 Å². The summed E-state index contributed by atoms with van der Waals surface area (Å²) >= 11 is 0. The van der Waals surface area contributed by atoms with E-state index >= 15 is 0 Å². The number of nitrogens with zero attached hydrogens (tertiary/aromatic N) is 1. The molecule has 0 aromatic carbocycles. The average Bonchev–Trinajstić information content (AvgIpc) is 2.23. The Bertz CT molecular complexity index is 211. The fourth-order valence-corrected chi connectivity index (χ4v) is 3.30. The van der Waals surface area contributed by atoms with Gasteiger partial charge in [-0.1, -0.05) is 20.8 Å². The minimum Gasteiger partial charge on any atom is -0.314 e. The highest BCUT2D eigenvalue weighted by Crippen LogP contribution is 2.33. The van der Waals surface area contributed by atoms with Crippen molar-refractivity contribution in [1.82, 2.24) is 10.2 Å². The maximum Gasteiger partial charge on any atom is 0.0117 e. The first-order chi connectivity index (χ1) is 7.70. The lowest BCUT2D eigenvalue weighted by molar-refractivity contribution is 0.0390. The molecule has 1 saturated heterocycles. The largest absolute Gasteiger partial charge is 0.314 e. The van der Waals surface area contributed by atoms with E-state index in [1.54, 1.807) is 0 Å². The van der Waals surface area contributed by atoms with Gasteiger partial charge in [-0.25, -0.2) is 0 Å². The second-order valence-corrected chi connectivity index (χ2v) is 6.05. The minimum atomic E-state index is 0.772. The van der Waals surface area contributed by atoms with E-state index in [0.717, 1.165) is 23.9 Å². The van der Waals surface area contributed by atoms with E-state index in [-0.39, 0.29) is 0 Å². The molecular weight excluding hydrogens is 196 g/mol. The van der Waals surface area contributed by atoms with Gasteiger partial charge in [0.1, 0.15) is 0 Å². The average molecular weight is 224 g/mol. The van der Waals surface area contributed by atoms with Crippen molar-refractivity contribution in [3.05, 3.63) is 0 Å². The standard InChI is InChI=1S/C14H28N2/c1-4-6-15-14-5-7-16(10-12(14)3)13-8-11(2)9-13/h11-15H,4-10H2,1-3H3. The smallest absolute Gasteiger partial charge is 0.0117 e. The van der Waals surface area contributed by atoms with Gasteiger partial charge in [-0.2, -0.15) is 0 Å². The minimum absolute atomic E-state index is 0.772. The van der Waals surface area contributed by atoms with Crippen molar-refractivity contribution in [1.29, 1.82) is 0 Å². The van der Waals surface area contributed by atoms with Gasteiger partial charge in [0, 0.05) is 18.6 Å². The summed E-state index contributed by atoms with van der Waals surface area (Å²) in [5.41, 5.74) is 0. The number of nitrogens with one attached hydrogen (secondary N) is 1. The molecule has 1 aliphatic heterocycles. The summed E-state index contributed by atoms with van der Waals surface area (Å²) in [5.74, 6) is 1.81. The van der Waals surface area contributed by atoms with E-state index in [1.807, 2.05) is 0 Å². The first-order valence-corrected chi connectivity index (χ1v) is 7.18. The molecule has 0 aromatic rings. The Morgan fingerprint density at radius 1 is 1.25 bits per heavy atom. The predicted molar refractivity (Wildman–Crippen MR) is 69.6 cm³/mol. The molecule has 2 heteroatoms. The Hall–Kier alpha value is -0.0800.